The summed E-state index contributed by atoms with van der Waals surface area (Å²) in [6.45, 7) is 5.42. The Balaban J connectivity index is 1.47. The molecule has 0 saturated heterocycles. The van der Waals surface area contributed by atoms with Gasteiger partial charge in [-0.2, -0.15) is 0 Å². The molecule has 0 fully saturated rings. The Labute approximate surface area is 189 Å². The third-order valence-corrected chi connectivity index (χ3v) is 4.94. The zero-order valence-electron chi connectivity index (χ0n) is 17.2. The first-order valence-corrected chi connectivity index (χ1v) is 10.6. The summed E-state index contributed by atoms with van der Waals surface area (Å²) in [5.41, 5.74) is 6.66. The van der Waals surface area contributed by atoms with E-state index in [0.29, 0.717) is 23.3 Å². The minimum absolute atomic E-state index is 0.604. The van der Waals surface area contributed by atoms with Gasteiger partial charge in [0.05, 0.1) is 0 Å². The lowest BCUT2D eigenvalue weighted by molar-refractivity contribution is 0.896. The van der Waals surface area contributed by atoms with Gasteiger partial charge >= 0.3 is 0 Å². The fourth-order valence-electron chi connectivity index (χ4n) is 3.01. The van der Waals surface area contributed by atoms with Crippen LogP contribution in [0.1, 0.15) is 22.3 Å². The highest BCUT2D eigenvalue weighted by Gasteiger charge is 2.02. The Morgan fingerprint density at radius 2 is 1.07 bits per heavy atom. The predicted molar refractivity (Wildman–Crippen MR) is 135 cm³/mol. The molecule has 3 rings (SSSR count). The van der Waals surface area contributed by atoms with Crippen molar-refractivity contribution in [1.29, 1.82) is 0 Å². The maximum Gasteiger partial charge on any atom is 0.171 e. The maximum absolute atomic E-state index is 5.41. The van der Waals surface area contributed by atoms with Crippen LogP contribution in [-0.4, -0.2) is 10.2 Å². The minimum atomic E-state index is 0.604. The second-order valence-corrected chi connectivity index (χ2v) is 7.99. The van der Waals surface area contributed by atoms with Gasteiger partial charge < -0.3 is 21.3 Å². The van der Waals surface area contributed by atoms with Crippen molar-refractivity contribution in [1.82, 2.24) is 10.6 Å². The Morgan fingerprint density at radius 3 is 1.50 bits per heavy atom. The van der Waals surface area contributed by atoms with Crippen LogP contribution in [0.15, 0.2) is 72.8 Å². The zero-order chi connectivity index (χ0) is 21.3. The van der Waals surface area contributed by atoms with Gasteiger partial charge in [-0.15, -0.1) is 0 Å². The van der Waals surface area contributed by atoms with Crippen molar-refractivity contribution in [2.24, 2.45) is 0 Å². The van der Waals surface area contributed by atoms with Gasteiger partial charge in [-0.3, -0.25) is 0 Å². The van der Waals surface area contributed by atoms with Crippen LogP contribution in [0.3, 0.4) is 0 Å². The second-order valence-electron chi connectivity index (χ2n) is 7.17. The first-order valence-electron chi connectivity index (χ1n) is 9.79. The third kappa shape index (κ3) is 7.13. The van der Waals surface area contributed by atoms with Crippen LogP contribution in [0.5, 0.6) is 0 Å². The molecule has 0 aliphatic carbocycles. The van der Waals surface area contributed by atoms with Crippen molar-refractivity contribution in [2.75, 3.05) is 10.6 Å². The van der Waals surface area contributed by atoms with Gasteiger partial charge in [-0.25, -0.2) is 0 Å². The normalized spacial score (nSPS) is 10.2. The van der Waals surface area contributed by atoms with Crippen molar-refractivity contribution in [3.8, 4) is 0 Å². The summed E-state index contributed by atoms with van der Waals surface area (Å²) in [5.74, 6) is 0. The van der Waals surface area contributed by atoms with Gasteiger partial charge in [0.25, 0.3) is 0 Å². The Hall–Kier alpha value is -2.96. The smallest absolute Gasteiger partial charge is 0.171 e. The van der Waals surface area contributed by atoms with Crippen LogP contribution >= 0.6 is 24.4 Å². The van der Waals surface area contributed by atoms with Gasteiger partial charge in [-0.1, -0.05) is 48.5 Å². The molecule has 4 nitrogen and oxygen atoms in total. The highest BCUT2D eigenvalue weighted by Crippen LogP contribution is 2.11. The Morgan fingerprint density at radius 1 is 0.633 bits per heavy atom. The lowest BCUT2D eigenvalue weighted by atomic mass is 10.1. The lowest BCUT2D eigenvalue weighted by Gasteiger charge is -2.13. The van der Waals surface area contributed by atoms with E-state index in [1.54, 1.807) is 0 Å². The topological polar surface area (TPSA) is 48.1 Å². The molecule has 0 amide bonds. The molecule has 4 N–H and O–H groups in total. The number of thiocarbonyl (C=S) groups is 2. The number of benzene rings is 3. The molecule has 0 radical (unpaired) electrons. The number of hydrogen-bond donors (Lipinski definition) is 4. The van der Waals surface area contributed by atoms with Crippen LogP contribution in [-0.2, 0) is 13.1 Å². The van der Waals surface area contributed by atoms with Gasteiger partial charge in [0.1, 0.15) is 0 Å². The maximum atomic E-state index is 5.41. The number of hydrogen-bond acceptors (Lipinski definition) is 2. The van der Waals surface area contributed by atoms with Crippen LogP contribution in [0.2, 0.25) is 0 Å². The van der Waals surface area contributed by atoms with Crippen molar-refractivity contribution < 1.29 is 0 Å². The van der Waals surface area contributed by atoms with E-state index in [0.717, 1.165) is 22.5 Å². The number of aryl methyl sites for hydroxylation is 2. The fourth-order valence-corrected chi connectivity index (χ4v) is 3.39. The molecular formula is C24H26N4S2. The molecule has 0 aliphatic heterocycles. The quantitative estimate of drug-likeness (QED) is 0.396. The third-order valence-electron chi connectivity index (χ3n) is 4.45. The largest absolute Gasteiger partial charge is 0.358 e. The molecule has 3 aromatic rings. The lowest BCUT2D eigenvalue weighted by Crippen LogP contribution is -2.28. The summed E-state index contributed by atoms with van der Waals surface area (Å²) >= 11 is 10.8. The van der Waals surface area contributed by atoms with Crippen LogP contribution in [0.4, 0.5) is 11.4 Å². The van der Waals surface area contributed by atoms with E-state index < -0.39 is 0 Å². The van der Waals surface area contributed by atoms with Crippen molar-refractivity contribution in [3.05, 3.63) is 95.1 Å². The standard InChI is InChI=1S/C24H26N4S2/c1-17-6-3-10-21(12-17)27-23(29)25-15-19-8-5-9-20(14-19)16-26-24(30)28-22-11-4-7-18(2)13-22/h3-14H,15-16H2,1-2H3,(H2,25,27,29)(H2,26,28,30). The Kier molecular flexibility index (Phi) is 7.76. The minimum Gasteiger partial charge on any atom is -0.358 e. The average molecular weight is 435 g/mol. The summed E-state index contributed by atoms with van der Waals surface area (Å²) < 4.78 is 0. The van der Waals surface area contributed by atoms with E-state index in [1.165, 1.54) is 11.1 Å². The molecule has 0 spiro atoms. The Bertz CT molecular complexity index is 954. The van der Waals surface area contributed by atoms with E-state index in [1.807, 2.05) is 30.3 Å². The van der Waals surface area contributed by atoms with Crippen molar-refractivity contribution >= 4 is 46.0 Å². The molecule has 0 bridgehead atoms. The summed E-state index contributed by atoms with van der Waals surface area (Å²) in [4.78, 5) is 0. The second kappa shape index (κ2) is 10.7. The van der Waals surface area contributed by atoms with E-state index in [2.05, 4.69) is 77.6 Å². The first kappa shape index (κ1) is 21.7. The molecule has 154 valence electrons. The number of rotatable bonds is 6. The van der Waals surface area contributed by atoms with E-state index in [4.69, 9.17) is 24.4 Å². The number of nitrogens with one attached hydrogen (secondary N) is 4. The van der Waals surface area contributed by atoms with Gasteiger partial charge in [0.2, 0.25) is 0 Å². The summed E-state index contributed by atoms with van der Waals surface area (Å²) in [6, 6.07) is 24.6. The highest BCUT2D eigenvalue weighted by atomic mass is 32.1. The van der Waals surface area contributed by atoms with Crippen molar-refractivity contribution in [3.63, 3.8) is 0 Å². The predicted octanol–water partition coefficient (Wildman–Crippen LogP) is 5.28. The molecule has 6 heteroatoms. The van der Waals surface area contributed by atoms with Gasteiger partial charge in [0.15, 0.2) is 10.2 Å². The average Bonchev–Trinajstić information content (AvgIpc) is 2.71. The summed E-state index contributed by atoms with van der Waals surface area (Å²) in [5, 5.41) is 14.2. The summed E-state index contributed by atoms with van der Waals surface area (Å²) in [7, 11) is 0. The van der Waals surface area contributed by atoms with Crippen LogP contribution in [0.25, 0.3) is 0 Å². The van der Waals surface area contributed by atoms with E-state index in [-0.39, 0.29) is 0 Å². The van der Waals surface area contributed by atoms with Crippen LogP contribution < -0.4 is 21.3 Å². The monoisotopic (exact) mass is 434 g/mol. The highest BCUT2D eigenvalue weighted by molar-refractivity contribution is 7.80. The van der Waals surface area contributed by atoms with Crippen molar-refractivity contribution in [2.45, 2.75) is 26.9 Å². The molecule has 0 unspecified atom stereocenters. The summed E-state index contributed by atoms with van der Waals surface area (Å²) in [6.07, 6.45) is 0. The number of anilines is 2. The van der Waals surface area contributed by atoms with Gasteiger partial charge in [0, 0.05) is 24.5 Å². The molecule has 0 saturated carbocycles. The van der Waals surface area contributed by atoms with Gasteiger partial charge in [-0.05, 0) is 84.8 Å². The van der Waals surface area contributed by atoms with E-state index >= 15 is 0 Å². The molecule has 0 atom stereocenters. The molecule has 0 heterocycles. The SMILES string of the molecule is Cc1cccc(NC(=S)NCc2cccc(CNC(=S)Nc3cccc(C)c3)c2)c1. The van der Waals surface area contributed by atoms with Crippen LogP contribution in [0, 0.1) is 13.8 Å². The molecule has 0 aliphatic rings. The fraction of sp³-hybridized carbons (Fsp3) is 0.167. The molecular weight excluding hydrogens is 408 g/mol. The molecule has 0 aromatic heterocycles. The molecule has 30 heavy (non-hydrogen) atoms. The molecule has 3 aromatic carbocycles. The zero-order valence-corrected chi connectivity index (χ0v) is 18.8. The first-order chi connectivity index (χ1) is 14.5. The van der Waals surface area contributed by atoms with E-state index in [9.17, 15) is 0 Å².